The van der Waals surface area contributed by atoms with Crippen LogP contribution in [0, 0.1) is 5.92 Å². The van der Waals surface area contributed by atoms with Gasteiger partial charge in [-0.2, -0.15) is 0 Å². The Morgan fingerprint density at radius 3 is 2.73 bits per heavy atom. The number of hydrogen-bond donors (Lipinski definition) is 1. The lowest BCUT2D eigenvalue weighted by Crippen LogP contribution is -2.25. The first-order valence-corrected chi connectivity index (χ1v) is 6.07. The van der Waals surface area contributed by atoms with Gasteiger partial charge in [0.25, 0.3) is 0 Å². The lowest BCUT2D eigenvalue weighted by Gasteiger charge is -2.11. The summed E-state index contributed by atoms with van der Waals surface area (Å²) in [6.07, 6.45) is 6.12. The first kappa shape index (κ1) is 10.7. The van der Waals surface area contributed by atoms with E-state index in [0.29, 0.717) is 0 Å². The van der Waals surface area contributed by atoms with Crippen LogP contribution >= 0.6 is 0 Å². The van der Waals surface area contributed by atoms with Crippen molar-refractivity contribution >= 4 is 0 Å². The van der Waals surface area contributed by atoms with Crippen molar-refractivity contribution in [1.29, 1.82) is 0 Å². The van der Waals surface area contributed by atoms with Crippen molar-refractivity contribution in [3.63, 3.8) is 0 Å². The van der Waals surface area contributed by atoms with Crippen LogP contribution in [0.5, 0.6) is 0 Å². The van der Waals surface area contributed by atoms with E-state index >= 15 is 0 Å². The van der Waals surface area contributed by atoms with Crippen molar-refractivity contribution in [2.75, 3.05) is 0 Å². The molecule has 0 aliphatic heterocycles. The van der Waals surface area contributed by atoms with Gasteiger partial charge >= 0.3 is 0 Å². The molecular formula is C14H21N. The average Bonchev–Trinajstić information content (AvgIpc) is 2.90. The molecule has 15 heavy (non-hydrogen) atoms. The molecule has 0 amide bonds. The monoisotopic (exact) mass is 203 g/mol. The summed E-state index contributed by atoms with van der Waals surface area (Å²) in [7, 11) is 0. The van der Waals surface area contributed by atoms with Crippen LogP contribution in [-0.2, 0) is 6.42 Å². The van der Waals surface area contributed by atoms with Gasteiger partial charge in [0.05, 0.1) is 0 Å². The van der Waals surface area contributed by atoms with Crippen molar-refractivity contribution in [1.82, 2.24) is 0 Å². The highest BCUT2D eigenvalue weighted by atomic mass is 14.9. The molecule has 0 saturated heterocycles. The molecule has 0 aromatic heterocycles. The van der Waals surface area contributed by atoms with E-state index in [1.807, 2.05) is 0 Å². The maximum Gasteiger partial charge on any atom is 0.0190 e. The van der Waals surface area contributed by atoms with Crippen LogP contribution in [0.15, 0.2) is 30.3 Å². The Morgan fingerprint density at radius 2 is 2.07 bits per heavy atom. The minimum absolute atomic E-state index is 0.172. The second-order valence-electron chi connectivity index (χ2n) is 4.91. The summed E-state index contributed by atoms with van der Waals surface area (Å²) in [5.74, 6) is 0.797. The Labute approximate surface area is 92.7 Å². The average molecular weight is 203 g/mol. The fraction of sp³-hybridized carbons (Fsp3) is 0.571. The van der Waals surface area contributed by atoms with Gasteiger partial charge in [-0.25, -0.2) is 0 Å². The molecule has 2 unspecified atom stereocenters. The number of nitrogens with two attached hydrogens (primary N) is 1. The van der Waals surface area contributed by atoms with Gasteiger partial charge < -0.3 is 5.73 Å². The summed E-state index contributed by atoms with van der Waals surface area (Å²) in [5.41, 5.74) is 7.92. The number of benzene rings is 1. The molecule has 0 bridgehead atoms. The zero-order chi connectivity index (χ0) is 10.7. The van der Waals surface area contributed by atoms with E-state index in [0.717, 1.165) is 18.8 Å². The molecule has 1 aromatic carbocycles. The van der Waals surface area contributed by atoms with Crippen LogP contribution in [-0.4, -0.2) is 5.54 Å². The van der Waals surface area contributed by atoms with E-state index in [2.05, 4.69) is 37.3 Å². The Hall–Kier alpha value is -0.820. The molecule has 1 saturated carbocycles. The topological polar surface area (TPSA) is 26.0 Å². The fourth-order valence-electron chi connectivity index (χ4n) is 2.47. The second kappa shape index (κ2) is 4.36. The molecule has 1 aliphatic rings. The van der Waals surface area contributed by atoms with Crippen molar-refractivity contribution in [2.45, 2.75) is 44.6 Å². The molecule has 1 aliphatic carbocycles. The smallest absolute Gasteiger partial charge is 0.0190 e. The minimum atomic E-state index is 0.172. The van der Waals surface area contributed by atoms with Gasteiger partial charge in [0.1, 0.15) is 0 Å². The van der Waals surface area contributed by atoms with Crippen LogP contribution in [0.4, 0.5) is 0 Å². The van der Waals surface area contributed by atoms with Crippen LogP contribution in [0.3, 0.4) is 0 Å². The standard InChI is InChI=1S/C14H21N/c1-2-6-13-11-14(13,15)10-9-12-7-4-3-5-8-12/h3-5,7-8,13H,2,6,9-11,15H2,1H3. The van der Waals surface area contributed by atoms with Crippen LogP contribution in [0.2, 0.25) is 0 Å². The van der Waals surface area contributed by atoms with Gasteiger partial charge in [-0.3, -0.25) is 0 Å². The highest BCUT2D eigenvalue weighted by Crippen LogP contribution is 2.47. The second-order valence-corrected chi connectivity index (χ2v) is 4.91. The van der Waals surface area contributed by atoms with Gasteiger partial charge in [-0.1, -0.05) is 43.7 Å². The Bertz CT molecular complexity index is 306. The van der Waals surface area contributed by atoms with E-state index in [4.69, 9.17) is 5.73 Å². The number of hydrogen-bond acceptors (Lipinski definition) is 1. The molecule has 1 nitrogen and oxygen atoms in total. The highest BCUT2D eigenvalue weighted by molar-refractivity contribution is 5.17. The zero-order valence-corrected chi connectivity index (χ0v) is 9.58. The maximum atomic E-state index is 6.32. The molecular weight excluding hydrogens is 182 g/mol. The van der Waals surface area contributed by atoms with Crippen LogP contribution in [0.1, 0.15) is 38.2 Å². The molecule has 0 spiro atoms. The molecule has 82 valence electrons. The third kappa shape index (κ3) is 2.60. The Balaban J connectivity index is 1.80. The summed E-state index contributed by atoms with van der Waals surface area (Å²) in [6, 6.07) is 10.7. The largest absolute Gasteiger partial charge is 0.325 e. The Kier molecular flexibility index (Phi) is 3.11. The van der Waals surface area contributed by atoms with Gasteiger partial charge in [0.2, 0.25) is 0 Å². The zero-order valence-electron chi connectivity index (χ0n) is 9.58. The van der Waals surface area contributed by atoms with Gasteiger partial charge in [-0.05, 0) is 37.2 Å². The van der Waals surface area contributed by atoms with Crippen molar-refractivity contribution in [3.8, 4) is 0 Å². The summed E-state index contributed by atoms with van der Waals surface area (Å²) in [4.78, 5) is 0. The van der Waals surface area contributed by atoms with Gasteiger partial charge in [-0.15, -0.1) is 0 Å². The molecule has 2 N–H and O–H groups in total. The van der Waals surface area contributed by atoms with Crippen LogP contribution in [0.25, 0.3) is 0 Å². The maximum absolute atomic E-state index is 6.32. The summed E-state index contributed by atoms with van der Waals surface area (Å²) in [5, 5.41) is 0. The fourth-order valence-corrected chi connectivity index (χ4v) is 2.47. The quantitative estimate of drug-likeness (QED) is 0.781. The van der Waals surface area contributed by atoms with Crippen molar-refractivity contribution < 1.29 is 0 Å². The molecule has 2 atom stereocenters. The van der Waals surface area contributed by atoms with Gasteiger partial charge in [0.15, 0.2) is 0 Å². The minimum Gasteiger partial charge on any atom is -0.325 e. The molecule has 1 heteroatoms. The molecule has 0 radical (unpaired) electrons. The number of aryl methyl sites for hydroxylation is 1. The van der Waals surface area contributed by atoms with E-state index in [9.17, 15) is 0 Å². The van der Waals surface area contributed by atoms with E-state index in [-0.39, 0.29) is 5.54 Å². The molecule has 1 aromatic rings. The van der Waals surface area contributed by atoms with Gasteiger partial charge in [0, 0.05) is 5.54 Å². The lowest BCUT2D eigenvalue weighted by atomic mass is 10.0. The normalized spacial score (nSPS) is 29.1. The lowest BCUT2D eigenvalue weighted by molar-refractivity contribution is 0.523. The summed E-state index contributed by atoms with van der Waals surface area (Å²) >= 11 is 0. The SMILES string of the molecule is CCCC1CC1(N)CCc1ccccc1. The summed E-state index contributed by atoms with van der Waals surface area (Å²) in [6.45, 7) is 2.25. The Morgan fingerprint density at radius 1 is 1.33 bits per heavy atom. The predicted molar refractivity (Wildman–Crippen MR) is 64.7 cm³/mol. The molecule has 0 heterocycles. The van der Waals surface area contributed by atoms with Crippen molar-refractivity contribution in [2.24, 2.45) is 11.7 Å². The van der Waals surface area contributed by atoms with E-state index in [1.165, 1.54) is 24.8 Å². The highest BCUT2D eigenvalue weighted by Gasteiger charge is 2.48. The third-order valence-electron chi connectivity index (χ3n) is 3.64. The third-order valence-corrected chi connectivity index (χ3v) is 3.64. The van der Waals surface area contributed by atoms with Crippen LogP contribution < -0.4 is 5.73 Å². The van der Waals surface area contributed by atoms with E-state index < -0.39 is 0 Å². The molecule has 2 rings (SSSR count). The molecule has 1 fully saturated rings. The predicted octanol–water partition coefficient (Wildman–Crippen LogP) is 3.14. The first-order chi connectivity index (χ1) is 7.24. The summed E-state index contributed by atoms with van der Waals surface area (Å²) < 4.78 is 0. The van der Waals surface area contributed by atoms with E-state index in [1.54, 1.807) is 0 Å². The number of rotatable bonds is 5. The first-order valence-electron chi connectivity index (χ1n) is 6.07. The van der Waals surface area contributed by atoms with Crippen molar-refractivity contribution in [3.05, 3.63) is 35.9 Å².